The zero-order chi connectivity index (χ0) is 15.1. The quantitative estimate of drug-likeness (QED) is 0.768. The minimum Gasteiger partial charge on any atom is -0.481 e. The van der Waals surface area contributed by atoms with E-state index in [-0.39, 0.29) is 19.2 Å². The van der Waals surface area contributed by atoms with E-state index < -0.39 is 24.1 Å². The van der Waals surface area contributed by atoms with Gasteiger partial charge in [0.05, 0.1) is 13.2 Å². The van der Waals surface area contributed by atoms with Gasteiger partial charge in [0.25, 0.3) is 0 Å². The molecule has 7 heteroatoms. The van der Waals surface area contributed by atoms with Crippen LogP contribution in [0.25, 0.3) is 0 Å². The van der Waals surface area contributed by atoms with Gasteiger partial charge in [-0.15, -0.1) is 0 Å². The first-order valence-corrected chi connectivity index (χ1v) is 6.73. The number of aliphatic hydroxyl groups excluding tert-OH is 1. The summed E-state index contributed by atoms with van der Waals surface area (Å²) in [4.78, 5) is 24.6. The molecule has 3 atom stereocenters. The molecule has 1 aromatic rings. The second-order valence-corrected chi connectivity index (χ2v) is 5.32. The SMILES string of the molecule is C[C@H]1Nc2ccc(N3C[C@H](CO)OC3=O)cc2C1C(=O)O. The Bertz CT molecular complexity index is 603. The average molecular weight is 292 g/mol. The maximum Gasteiger partial charge on any atom is 0.414 e. The summed E-state index contributed by atoms with van der Waals surface area (Å²) in [5, 5.41) is 21.5. The van der Waals surface area contributed by atoms with Crippen LogP contribution in [-0.2, 0) is 9.53 Å². The number of aliphatic carboxylic acids is 1. The number of nitrogens with zero attached hydrogens (tertiary/aromatic N) is 1. The predicted molar refractivity (Wildman–Crippen MR) is 74.6 cm³/mol. The van der Waals surface area contributed by atoms with Crippen molar-refractivity contribution in [2.75, 3.05) is 23.4 Å². The molecule has 0 aliphatic carbocycles. The zero-order valence-electron chi connectivity index (χ0n) is 11.4. The fraction of sp³-hybridized carbons (Fsp3) is 0.429. The van der Waals surface area contributed by atoms with E-state index in [2.05, 4.69) is 5.32 Å². The Labute approximate surface area is 121 Å². The number of anilines is 2. The lowest BCUT2D eigenvalue weighted by Gasteiger charge is -2.15. The molecule has 0 bridgehead atoms. The summed E-state index contributed by atoms with van der Waals surface area (Å²) in [6.07, 6.45) is -1.07. The van der Waals surface area contributed by atoms with Gasteiger partial charge in [-0.2, -0.15) is 0 Å². The van der Waals surface area contributed by atoms with Crippen molar-refractivity contribution in [1.29, 1.82) is 0 Å². The van der Waals surface area contributed by atoms with Crippen molar-refractivity contribution < 1.29 is 24.5 Å². The van der Waals surface area contributed by atoms with Gasteiger partial charge in [0.15, 0.2) is 0 Å². The molecule has 1 amide bonds. The Hall–Kier alpha value is -2.28. The van der Waals surface area contributed by atoms with Gasteiger partial charge < -0.3 is 20.3 Å². The minimum absolute atomic E-state index is 0.205. The number of nitrogens with one attached hydrogen (secondary N) is 1. The number of hydrogen-bond acceptors (Lipinski definition) is 5. The summed E-state index contributed by atoms with van der Waals surface area (Å²) in [7, 11) is 0. The lowest BCUT2D eigenvalue weighted by molar-refractivity contribution is -0.138. The van der Waals surface area contributed by atoms with Gasteiger partial charge in [0.2, 0.25) is 0 Å². The van der Waals surface area contributed by atoms with E-state index in [0.717, 1.165) is 5.69 Å². The van der Waals surface area contributed by atoms with Crippen LogP contribution in [-0.4, -0.2) is 47.6 Å². The molecule has 1 aromatic carbocycles. The highest BCUT2D eigenvalue weighted by Crippen LogP contribution is 2.39. The van der Waals surface area contributed by atoms with E-state index in [1.54, 1.807) is 18.2 Å². The van der Waals surface area contributed by atoms with Crippen LogP contribution in [0.1, 0.15) is 18.4 Å². The van der Waals surface area contributed by atoms with Crippen molar-refractivity contribution >= 4 is 23.4 Å². The van der Waals surface area contributed by atoms with Crippen LogP contribution in [0.2, 0.25) is 0 Å². The Kier molecular flexibility index (Phi) is 3.21. The number of aliphatic hydroxyl groups is 1. The van der Waals surface area contributed by atoms with Crippen LogP contribution in [0.15, 0.2) is 18.2 Å². The molecule has 2 aliphatic heterocycles. The fourth-order valence-electron chi connectivity index (χ4n) is 2.88. The summed E-state index contributed by atoms with van der Waals surface area (Å²) >= 11 is 0. The fourth-order valence-corrected chi connectivity index (χ4v) is 2.88. The number of carboxylic acids is 1. The number of carbonyl (C=O) groups is 2. The molecule has 3 rings (SSSR count). The standard InChI is InChI=1S/C14H16N2O5/c1-7-12(13(18)19)10-4-8(2-3-11(10)15-7)16-5-9(6-17)21-14(16)20/h2-4,7,9,12,15,17H,5-6H2,1H3,(H,18,19)/t7-,9-,12?/m1/s1. The molecule has 2 heterocycles. The number of cyclic esters (lactones) is 1. The van der Waals surface area contributed by atoms with E-state index in [4.69, 9.17) is 9.84 Å². The summed E-state index contributed by atoms with van der Waals surface area (Å²) in [6.45, 7) is 1.84. The first kappa shape index (κ1) is 13.7. The lowest BCUT2D eigenvalue weighted by Crippen LogP contribution is -2.26. The van der Waals surface area contributed by atoms with Crippen molar-refractivity contribution in [3.8, 4) is 0 Å². The lowest BCUT2D eigenvalue weighted by atomic mass is 9.96. The first-order chi connectivity index (χ1) is 10.0. The summed E-state index contributed by atoms with van der Waals surface area (Å²) in [5.41, 5.74) is 2.01. The molecule has 0 saturated carbocycles. The molecule has 1 fully saturated rings. The third-order valence-corrected chi connectivity index (χ3v) is 3.91. The van der Waals surface area contributed by atoms with Crippen molar-refractivity contribution in [3.05, 3.63) is 23.8 Å². The average Bonchev–Trinajstić information content (AvgIpc) is 2.96. The number of ether oxygens (including phenoxy) is 1. The maximum absolute atomic E-state index is 11.8. The first-order valence-electron chi connectivity index (χ1n) is 6.73. The van der Waals surface area contributed by atoms with Crippen molar-refractivity contribution in [1.82, 2.24) is 0 Å². The van der Waals surface area contributed by atoms with Gasteiger partial charge in [-0.3, -0.25) is 9.69 Å². The Morgan fingerprint density at radius 3 is 2.90 bits per heavy atom. The summed E-state index contributed by atoms with van der Waals surface area (Å²) in [5.74, 6) is -1.55. The highest BCUT2D eigenvalue weighted by atomic mass is 16.6. The van der Waals surface area contributed by atoms with E-state index in [0.29, 0.717) is 11.3 Å². The van der Waals surface area contributed by atoms with Crippen LogP contribution >= 0.6 is 0 Å². The van der Waals surface area contributed by atoms with E-state index in [9.17, 15) is 14.7 Å². The Balaban J connectivity index is 1.94. The van der Waals surface area contributed by atoms with Gasteiger partial charge in [-0.25, -0.2) is 4.79 Å². The highest BCUT2D eigenvalue weighted by Gasteiger charge is 2.37. The van der Waals surface area contributed by atoms with Gasteiger partial charge in [-0.1, -0.05) is 0 Å². The number of benzene rings is 1. The molecule has 2 aliphatic rings. The van der Waals surface area contributed by atoms with Gasteiger partial charge in [0.1, 0.15) is 12.0 Å². The third-order valence-electron chi connectivity index (χ3n) is 3.91. The van der Waals surface area contributed by atoms with E-state index in [1.165, 1.54) is 4.90 Å². The molecule has 0 spiro atoms. The van der Waals surface area contributed by atoms with Crippen LogP contribution in [0.5, 0.6) is 0 Å². The third kappa shape index (κ3) is 2.19. The second kappa shape index (κ2) is 4.92. The van der Waals surface area contributed by atoms with E-state index in [1.807, 2.05) is 6.92 Å². The van der Waals surface area contributed by atoms with Gasteiger partial charge >= 0.3 is 12.1 Å². The smallest absolute Gasteiger partial charge is 0.414 e. The van der Waals surface area contributed by atoms with Crippen LogP contribution < -0.4 is 10.2 Å². The summed E-state index contributed by atoms with van der Waals surface area (Å²) in [6, 6.07) is 5.00. The number of carboxylic acid groups (broad SMARTS) is 1. The predicted octanol–water partition coefficient (Wildman–Crippen LogP) is 0.986. The number of hydrogen-bond donors (Lipinski definition) is 3. The second-order valence-electron chi connectivity index (χ2n) is 5.32. The molecule has 112 valence electrons. The molecule has 3 N–H and O–H groups in total. The van der Waals surface area contributed by atoms with Gasteiger partial charge in [-0.05, 0) is 30.7 Å². The highest BCUT2D eigenvalue weighted by molar-refractivity contribution is 5.91. The maximum atomic E-state index is 11.8. The molecular formula is C14H16N2O5. The number of fused-ring (bicyclic) bond motifs is 1. The molecule has 21 heavy (non-hydrogen) atoms. The topological polar surface area (TPSA) is 99.1 Å². The monoisotopic (exact) mass is 292 g/mol. The normalized spacial score (nSPS) is 27.2. The van der Waals surface area contributed by atoms with Crippen LogP contribution in [0.4, 0.5) is 16.2 Å². The molecular weight excluding hydrogens is 276 g/mol. The molecule has 0 aromatic heterocycles. The Morgan fingerprint density at radius 2 is 2.29 bits per heavy atom. The molecule has 1 unspecified atom stereocenters. The van der Waals surface area contributed by atoms with Crippen molar-refractivity contribution in [2.24, 2.45) is 0 Å². The molecule has 7 nitrogen and oxygen atoms in total. The number of rotatable bonds is 3. The van der Waals surface area contributed by atoms with Crippen molar-refractivity contribution in [3.63, 3.8) is 0 Å². The number of amides is 1. The van der Waals surface area contributed by atoms with Crippen LogP contribution in [0.3, 0.4) is 0 Å². The molecule has 1 saturated heterocycles. The largest absolute Gasteiger partial charge is 0.481 e. The summed E-state index contributed by atoms with van der Waals surface area (Å²) < 4.78 is 5.00. The zero-order valence-corrected chi connectivity index (χ0v) is 11.4. The van der Waals surface area contributed by atoms with Crippen molar-refractivity contribution in [2.45, 2.75) is 25.0 Å². The van der Waals surface area contributed by atoms with Gasteiger partial charge in [0, 0.05) is 17.4 Å². The minimum atomic E-state index is -0.900. The Morgan fingerprint density at radius 1 is 1.52 bits per heavy atom. The van der Waals surface area contributed by atoms with E-state index >= 15 is 0 Å². The molecule has 0 radical (unpaired) electrons. The number of carbonyl (C=O) groups excluding carboxylic acids is 1. The van der Waals surface area contributed by atoms with Crippen LogP contribution in [0, 0.1) is 0 Å².